The Kier molecular flexibility index (Phi) is 6.78. The lowest BCUT2D eigenvalue weighted by molar-refractivity contribution is 0.669. The van der Waals surface area contributed by atoms with Gasteiger partial charge in [-0.15, -0.1) is 0 Å². The number of hydrogen-bond acceptors (Lipinski definition) is 4. The van der Waals surface area contributed by atoms with Crippen LogP contribution in [-0.2, 0) is 0 Å². The minimum Gasteiger partial charge on any atom is -0.456 e. The normalized spacial score (nSPS) is 11.5. The van der Waals surface area contributed by atoms with Gasteiger partial charge in [-0.25, -0.2) is 15.0 Å². The Morgan fingerprint density at radius 3 is 1.76 bits per heavy atom. The van der Waals surface area contributed by atoms with Crippen LogP contribution in [0.2, 0.25) is 0 Å². The van der Waals surface area contributed by atoms with Crippen LogP contribution in [0.3, 0.4) is 0 Å². The molecule has 0 aliphatic heterocycles. The Bertz CT molecular complexity index is 2910. The van der Waals surface area contributed by atoms with Crippen molar-refractivity contribution in [2.45, 2.75) is 0 Å². The van der Waals surface area contributed by atoms with Crippen LogP contribution in [0.5, 0.6) is 0 Å². The van der Waals surface area contributed by atoms with E-state index in [1.807, 2.05) is 60.7 Å². The number of fused-ring (bicyclic) bond motifs is 6. The highest BCUT2D eigenvalue weighted by Gasteiger charge is 2.18. The number of benzene rings is 8. The molecule has 0 N–H and O–H groups in total. The summed E-state index contributed by atoms with van der Waals surface area (Å²) in [5.74, 6) is 1.84. The molecule has 2 aromatic heterocycles. The first-order valence-electron chi connectivity index (χ1n) is 17.1. The van der Waals surface area contributed by atoms with Gasteiger partial charge < -0.3 is 4.42 Å². The maximum atomic E-state index is 6.23. The molecule has 0 spiro atoms. The first-order chi connectivity index (χ1) is 25.3. The summed E-state index contributed by atoms with van der Waals surface area (Å²) in [7, 11) is 0. The number of aromatic nitrogens is 3. The fourth-order valence-corrected chi connectivity index (χ4v) is 7.29. The Morgan fingerprint density at radius 2 is 0.902 bits per heavy atom. The van der Waals surface area contributed by atoms with Crippen LogP contribution in [0.1, 0.15) is 0 Å². The molecule has 51 heavy (non-hydrogen) atoms. The molecule has 0 amide bonds. The number of para-hydroxylation sites is 1. The number of rotatable bonds is 5. The summed E-state index contributed by atoms with van der Waals surface area (Å²) in [5, 5.41) is 6.95. The zero-order valence-electron chi connectivity index (χ0n) is 27.5. The Balaban J connectivity index is 1.15. The number of hydrogen-bond donors (Lipinski definition) is 0. The highest BCUT2D eigenvalue weighted by Crippen LogP contribution is 2.39. The highest BCUT2D eigenvalue weighted by atomic mass is 16.3. The van der Waals surface area contributed by atoms with Crippen LogP contribution in [0.4, 0.5) is 0 Å². The van der Waals surface area contributed by atoms with E-state index in [0.717, 1.165) is 49.8 Å². The van der Waals surface area contributed by atoms with Crippen molar-refractivity contribution in [2.24, 2.45) is 0 Å². The van der Waals surface area contributed by atoms with Gasteiger partial charge in [-0.05, 0) is 68.1 Å². The van der Waals surface area contributed by atoms with E-state index in [1.54, 1.807) is 0 Å². The predicted molar refractivity (Wildman–Crippen MR) is 209 cm³/mol. The fourth-order valence-electron chi connectivity index (χ4n) is 7.29. The molecule has 8 aromatic carbocycles. The van der Waals surface area contributed by atoms with E-state index >= 15 is 0 Å². The molecular weight excluding hydrogens is 623 g/mol. The van der Waals surface area contributed by atoms with Crippen molar-refractivity contribution in [3.05, 3.63) is 176 Å². The second-order valence-electron chi connectivity index (χ2n) is 12.8. The van der Waals surface area contributed by atoms with E-state index in [4.69, 9.17) is 19.4 Å². The molecule has 0 aliphatic rings. The van der Waals surface area contributed by atoms with Gasteiger partial charge in [0, 0.05) is 27.5 Å². The summed E-state index contributed by atoms with van der Waals surface area (Å²) >= 11 is 0. The first kappa shape index (κ1) is 29.0. The highest BCUT2D eigenvalue weighted by molar-refractivity contribution is 6.15. The molecule has 4 heteroatoms. The lowest BCUT2D eigenvalue weighted by Crippen LogP contribution is -2.00. The van der Waals surface area contributed by atoms with Crippen molar-refractivity contribution in [2.75, 3.05) is 0 Å². The van der Waals surface area contributed by atoms with Crippen molar-refractivity contribution in [1.82, 2.24) is 15.0 Å². The van der Waals surface area contributed by atoms with Crippen LogP contribution >= 0.6 is 0 Å². The maximum Gasteiger partial charge on any atom is 0.164 e. The standard InChI is InChI=1S/C47H29N3O/c1-3-12-30(13-4-1)37-20-10-16-32-26-24-31-25-27-35(29-40(31)43(32)37)34-17-9-18-36(28-34)46-48-45(33-14-5-2-6-15-33)49-47(50-46)39-21-11-23-42-44(39)38-19-7-8-22-41(38)51-42/h1-29H. The molecule has 0 fully saturated rings. The SMILES string of the molecule is c1ccc(-c2nc(-c3cccc(-c4ccc5ccc6cccc(-c7ccccc7)c6c5c4)c3)nc(-c3cccc4oc5ccccc5c34)n2)cc1. The second-order valence-corrected chi connectivity index (χ2v) is 12.8. The van der Waals surface area contributed by atoms with Gasteiger partial charge >= 0.3 is 0 Å². The monoisotopic (exact) mass is 651 g/mol. The van der Waals surface area contributed by atoms with Gasteiger partial charge in [-0.1, -0.05) is 152 Å². The van der Waals surface area contributed by atoms with Crippen LogP contribution in [0.25, 0.3) is 99.9 Å². The Labute approximate surface area is 294 Å². The predicted octanol–water partition coefficient (Wildman–Crippen LogP) is 12.4. The number of nitrogens with zero attached hydrogens (tertiary/aromatic N) is 3. The van der Waals surface area contributed by atoms with Gasteiger partial charge in [-0.2, -0.15) is 0 Å². The molecule has 10 rings (SSSR count). The van der Waals surface area contributed by atoms with E-state index < -0.39 is 0 Å². The molecular formula is C47H29N3O. The summed E-state index contributed by atoms with van der Waals surface area (Å²) in [6, 6.07) is 61.2. The van der Waals surface area contributed by atoms with E-state index in [0.29, 0.717) is 17.5 Å². The summed E-state index contributed by atoms with van der Waals surface area (Å²) < 4.78 is 6.23. The molecule has 0 saturated carbocycles. The average molecular weight is 652 g/mol. The van der Waals surface area contributed by atoms with Crippen molar-refractivity contribution in [3.8, 4) is 56.4 Å². The van der Waals surface area contributed by atoms with Gasteiger partial charge in [0.25, 0.3) is 0 Å². The van der Waals surface area contributed by atoms with Gasteiger partial charge in [0.2, 0.25) is 0 Å². The minimum atomic E-state index is 0.604. The van der Waals surface area contributed by atoms with Gasteiger partial charge in [-0.3, -0.25) is 0 Å². The van der Waals surface area contributed by atoms with Crippen molar-refractivity contribution in [1.29, 1.82) is 0 Å². The molecule has 0 saturated heterocycles. The number of furan rings is 1. The molecule has 2 heterocycles. The van der Waals surface area contributed by atoms with E-state index in [1.165, 1.54) is 32.7 Å². The van der Waals surface area contributed by atoms with Gasteiger partial charge in [0.1, 0.15) is 11.2 Å². The fraction of sp³-hybridized carbons (Fsp3) is 0. The van der Waals surface area contributed by atoms with Crippen LogP contribution in [0.15, 0.2) is 180 Å². The Morgan fingerprint density at radius 1 is 0.314 bits per heavy atom. The van der Waals surface area contributed by atoms with Gasteiger partial charge in [0.05, 0.1) is 0 Å². The molecule has 0 atom stereocenters. The van der Waals surface area contributed by atoms with E-state index in [-0.39, 0.29) is 0 Å². The van der Waals surface area contributed by atoms with E-state index in [2.05, 4.69) is 115 Å². The summed E-state index contributed by atoms with van der Waals surface area (Å²) in [6.07, 6.45) is 0. The molecule has 10 aromatic rings. The zero-order chi connectivity index (χ0) is 33.7. The Hall–Kier alpha value is -6.91. The molecule has 0 bridgehead atoms. The third-order valence-electron chi connectivity index (χ3n) is 9.71. The zero-order valence-corrected chi connectivity index (χ0v) is 27.5. The quantitative estimate of drug-likeness (QED) is 0.174. The van der Waals surface area contributed by atoms with Crippen molar-refractivity contribution in [3.63, 3.8) is 0 Å². The molecule has 0 unspecified atom stereocenters. The van der Waals surface area contributed by atoms with Gasteiger partial charge in [0.15, 0.2) is 17.5 Å². The molecule has 0 radical (unpaired) electrons. The van der Waals surface area contributed by atoms with Crippen LogP contribution < -0.4 is 0 Å². The lowest BCUT2D eigenvalue weighted by atomic mass is 9.92. The molecule has 238 valence electrons. The largest absolute Gasteiger partial charge is 0.456 e. The second kappa shape index (κ2) is 11.9. The minimum absolute atomic E-state index is 0.604. The van der Waals surface area contributed by atoms with E-state index in [9.17, 15) is 0 Å². The van der Waals surface area contributed by atoms with Crippen LogP contribution in [-0.4, -0.2) is 15.0 Å². The third-order valence-corrected chi connectivity index (χ3v) is 9.71. The molecule has 4 nitrogen and oxygen atoms in total. The topological polar surface area (TPSA) is 51.8 Å². The molecule has 0 aliphatic carbocycles. The third kappa shape index (κ3) is 5.04. The average Bonchev–Trinajstić information content (AvgIpc) is 3.60. The summed E-state index contributed by atoms with van der Waals surface area (Å²) in [6.45, 7) is 0. The van der Waals surface area contributed by atoms with Crippen LogP contribution in [0, 0.1) is 0 Å². The van der Waals surface area contributed by atoms with Crippen molar-refractivity contribution >= 4 is 43.5 Å². The maximum absolute atomic E-state index is 6.23. The lowest BCUT2D eigenvalue weighted by Gasteiger charge is -2.13. The summed E-state index contributed by atoms with van der Waals surface area (Å²) in [5.41, 5.74) is 9.06. The van der Waals surface area contributed by atoms with Crippen molar-refractivity contribution < 1.29 is 4.42 Å². The first-order valence-corrected chi connectivity index (χ1v) is 17.1. The summed E-state index contributed by atoms with van der Waals surface area (Å²) in [4.78, 5) is 15.2. The smallest absolute Gasteiger partial charge is 0.164 e.